The number of carboxylic acid groups (broad SMARTS) is 1. The van der Waals surface area contributed by atoms with Crippen molar-refractivity contribution in [1.82, 2.24) is 10.2 Å². The van der Waals surface area contributed by atoms with Crippen LogP contribution in [0.1, 0.15) is 26.7 Å². The lowest BCUT2D eigenvalue weighted by Gasteiger charge is -2.24. The van der Waals surface area contributed by atoms with E-state index in [-0.39, 0.29) is 11.9 Å². The summed E-state index contributed by atoms with van der Waals surface area (Å²) in [6.45, 7) is 5.58. The highest BCUT2D eigenvalue weighted by atomic mass is 16.4. The van der Waals surface area contributed by atoms with E-state index < -0.39 is 12.0 Å². The summed E-state index contributed by atoms with van der Waals surface area (Å²) >= 11 is 0. The molecule has 1 saturated heterocycles. The monoisotopic (exact) mass is 257 g/mol. The lowest BCUT2D eigenvalue weighted by molar-refractivity contribution is -0.140. The maximum atomic E-state index is 12.0. The third kappa shape index (κ3) is 3.60. The molecule has 0 aromatic heterocycles. The Morgan fingerprint density at radius 3 is 2.67 bits per heavy atom. The summed E-state index contributed by atoms with van der Waals surface area (Å²) in [4.78, 5) is 24.7. The summed E-state index contributed by atoms with van der Waals surface area (Å²) in [6, 6.07) is -1.11. The van der Waals surface area contributed by atoms with Crippen molar-refractivity contribution >= 4 is 12.0 Å². The number of amides is 2. The van der Waals surface area contributed by atoms with Crippen molar-refractivity contribution in [3.63, 3.8) is 0 Å². The van der Waals surface area contributed by atoms with Crippen LogP contribution in [0.2, 0.25) is 0 Å². The molecule has 1 fully saturated rings. The van der Waals surface area contributed by atoms with Crippen LogP contribution in [-0.4, -0.2) is 47.7 Å². The predicted octanol–water partition coefficient (Wildman–Crippen LogP) is 0.476. The summed E-state index contributed by atoms with van der Waals surface area (Å²) < 4.78 is 0. The number of carbonyl (C=O) groups is 2. The number of urea groups is 1. The van der Waals surface area contributed by atoms with E-state index in [2.05, 4.69) is 5.32 Å². The normalized spacial score (nSPS) is 22.6. The van der Waals surface area contributed by atoms with Gasteiger partial charge in [-0.05, 0) is 24.8 Å². The highest BCUT2D eigenvalue weighted by molar-refractivity contribution is 5.82. The van der Waals surface area contributed by atoms with E-state index >= 15 is 0 Å². The molecule has 0 saturated carbocycles. The lowest BCUT2D eigenvalue weighted by Crippen LogP contribution is -2.50. The molecule has 6 nitrogen and oxygen atoms in total. The molecule has 6 heteroatoms. The third-order valence-electron chi connectivity index (χ3n) is 3.66. The molecule has 3 atom stereocenters. The van der Waals surface area contributed by atoms with Crippen LogP contribution in [0.5, 0.6) is 0 Å². The quantitative estimate of drug-likeness (QED) is 0.667. The van der Waals surface area contributed by atoms with E-state index in [0.29, 0.717) is 32.0 Å². The summed E-state index contributed by atoms with van der Waals surface area (Å²) in [6.07, 6.45) is 1.60. The van der Waals surface area contributed by atoms with Crippen molar-refractivity contribution in [2.75, 3.05) is 19.6 Å². The highest BCUT2D eigenvalue weighted by Gasteiger charge is 2.30. The second-order valence-corrected chi connectivity index (χ2v) is 4.99. The van der Waals surface area contributed by atoms with Crippen molar-refractivity contribution in [2.24, 2.45) is 17.6 Å². The van der Waals surface area contributed by atoms with Crippen LogP contribution in [-0.2, 0) is 4.79 Å². The zero-order chi connectivity index (χ0) is 13.7. The van der Waals surface area contributed by atoms with E-state index in [1.807, 2.05) is 13.8 Å². The van der Waals surface area contributed by atoms with Crippen LogP contribution < -0.4 is 11.1 Å². The Hall–Kier alpha value is -1.30. The number of carboxylic acids is 1. The summed E-state index contributed by atoms with van der Waals surface area (Å²) in [5, 5.41) is 11.7. The SMILES string of the molecule is CC[C@H](C)[C@H](NC(=O)N1CCC(CN)C1)C(=O)O. The molecule has 0 aromatic carbocycles. The fourth-order valence-electron chi connectivity index (χ4n) is 2.12. The molecule has 18 heavy (non-hydrogen) atoms. The Morgan fingerprint density at radius 2 is 2.22 bits per heavy atom. The van der Waals surface area contributed by atoms with Gasteiger partial charge in [0.15, 0.2) is 0 Å². The second-order valence-electron chi connectivity index (χ2n) is 4.99. The van der Waals surface area contributed by atoms with Crippen molar-refractivity contribution in [1.29, 1.82) is 0 Å². The van der Waals surface area contributed by atoms with Crippen LogP contribution in [0.3, 0.4) is 0 Å². The van der Waals surface area contributed by atoms with Gasteiger partial charge in [-0.25, -0.2) is 9.59 Å². The first kappa shape index (κ1) is 14.8. The van der Waals surface area contributed by atoms with Crippen LogP contribution in [0.4, 0.5) is 4.79 Å². The molecule has 1 rings (SSSR count). The van der Waals surface area contributed by atoms with Gasteiger partial charge in [-0.2, -0.15) is 0 Å². The van der Waals surface area contributed by atoms with Gasteiger partial charge in [0.1, 0.15) is 6.04 Å². The summed E-state index contributed by atoms with van der Waals surface area (Å²) in [7, 11) is 0. The Bertz CT molecular complexity index is 309. The van der Waals surface area contributed by atoms with Crippen LogP contribution in [0, 0.1) is 11.8 Å². The smallest absolute Gasteiger partial charge is 0.326 e. The zero-order valence-electron chi connectivity index (χ0n) is 11.1. The topological polar surface area (TPSA) is 95.7 Å². The van der Waals surface area contributed by atoms with Crippen LogP contribution >= 0.6 is 0 Å². The minimum atomic E-state index is -0.979. The molecule has 4 N–H and O–H groups in total. The highest BCUT2D eigenvalue weighted by Crippen LogP contribution is 2.15. The van der Waals surface area contributed by atoms with E-state index in [1.165, 1.54) is 0 Å². The summed E-state index contributed by atoms with van der Waals surface area (Å²) in [5.74, 6) is -0.728. The first-order chi connectivity index (χ1) is 8.49. The fourth-order valence-corrected chi connectivity index (χ4v) is 2.12. The largest absolute Gasteiger partial charge is 0.480 e. The fraction of sp³-hybridized carbons (Fsp3) is 0.833. The Kier molecular flexibility index (Phi) is 5.40. The first-order valence-electron chi connectivity index (χ1n) is 6.47. The minimum Gasteiger partial charge on any atom is -0.480 e. The second kappa shape index (κ2) is 6.58. The van der Waals surface area contributed by atoms with Gasteiger partial charge in [-0.15, -0.1) is 0 Å². The van der Waals surface area contributed by atoms with Crippen LogP contribution in [0.25, 0.3) is 0 Å². The van der Waals surface area contributed by atoms with Gasteiger partial charge >= 0.3 is 12.0 Å². The number of nitrogens with one attached hydrogen (secondary N) is 1. The first-order valence-corrected chi connectivity index (χ1v) is 6.47. The Labute approximate surface area is 108 Å². The van der Waals surface area contributed by atoms with E-state index in [1.54, 1.807) is 4.90 Å². The van der Waals surface area contributed by atoms with Crippen molar-refractivity contribution in [2.45, 2.75) is 32.7 Å². The van der Waals surface area contributed by atoms with E-state index in [0.717, 1.165) is 6.42 Å². The maximum absolute atomic E-state index is 12.0. The van der Waals surface area contributed by atoms with Gasteiger partial charge in [-0.1, -0.05) is 20.3 Å². The molecule has 2 amide bonds. The number of hydrogen-bond donors (Lipinski definition) is 3. The average Bonchev–Trinajstić information content (AvgIpc) is 2.83. The number of aliphatic carboxylic acids is 1. The molecule has 0 bridgehead atoms. The van der Waals surface area contributed by atoms with Gasteiger partial charge in [0.25, 0.3) is 0 Å². The Balaban J connectivity index is 2.54. The predicted molar refractivity (Wildman–Crippen MR) is 68.1 cm³/mol. The van der Waals surface area contributed by atoms with Gasteiger partial charge in [-0.3, -0.25) is 0 Å². The molecular weight excluding hydrogens is 234 g/mol. The van der Waals surface area contributed by atoms with Crippen molar-refractivity contribution < 1.29 is 14.7 Å². The van der Waals surface area contributed by atoms with Gasteiger partial charge in [0.2, 0.25) is 0 Å². The standard InChI is InChI=1S/C12H23N3O3/c1-3-8(2)10(11(16)17)14-12(18)15-5-4-9(6-13)7-15/h8-10H,3-7,13H2,1-2H3,(H,14,18)(H,16,17)/t8-,9?,10-/m0/s1. The molecule has 1 unspecified atom stereocenters. The third-order valence-corrected chi connectivity index (χ3v) is 3.66. The van der Waals surface area contributed by atoms with Crippen molar-refractivity contribution in [3.05, 3.63) is 0 Å². The molecule has 0 radical (unpaired) electrons. The van der Waals surface area contributed by atoms with Gasteiger partial charge in [0.05, 0.1) is 0 Å². The van der Waals surface area contributed by atoms with Crippen LogP contribution in [0.15, 0.2) is 0 Å². The molecule has 1 heterocycles. The molecule has 104 valence electrons. The number of likely N-dealkylation sites (tertiary alicyclic amines) is 1. The number of carbonyl (C=O) groups excluding carboxylic acids is 1. The van der Waals surface area contributed by atoms with Crippen molar-refractivity contribution in [3.8, 4) is 0 Å². The van der Waals surface area contributed by atoms with E-state index in [4.69, 9.17) is 10.8 Å². The molecule has 0 aliphatic carbocycles. The Morgan fingerprint density at radius 1 is 1.56 bits per heavy atom. The lowest BCUT2D eigenvalue weighted by atomic mass is 9.99. The molecule has 0 spiro atoms. The number of nitrogens with two attached hydrogens (primary N) is 1. The molecule has 0 aromatic rings. The molecule has 1 aliphatic heterocycles. The molecule has 1 aliphatic rings. The maximum Gasteiger partial charge on any atom is 0.326 e. The number of hydrogen-bond acceptors (Lipinski definition) is 3. The molecular formula is C12H23N3O3. The van der Waals surface area contributed by atoms with E-state index in [9.17, 15) is 9.59 Å². The minimum absolute atomic E-state index is 0.0839. The van der Waals surface area contributed by atoms with Gasteiger partial charge < -0.3 is 21.1 Å². The number of rotatable bonds is 5. The zero-order valence-corrected chi connectivity index (χ0v) is 11.1. The number of nitrogens with zero attached hydrogens (tertiary/aromatic N) is 1. The summed E-state index contributed by atoms with van der Waals surface area (Å²) in [5.41, 5.74) is 5.56. The average molecular weight is 257 g/mol. The van der Waals surface area contributed by atoms with Gasteiger partial charge in [0, 0.05) is 13.1 Å².